The van der Waals surface area contributed by atoms with Gasteiger partial charge in [0.1, 0.15) is 16.2 Å². The highest BCUT2D eigenvalue weighted by Gasteiger charge is 2.19. The Hall–Kier alpha value is -3.37. The van der Waals surface area contributed by atoms with Gasteiger partial charge in [0.25, 0.3) is 5.56 Å². The van der Waals surface area contributed by atoms with Crippen LogP contribution in [0.15, 0.2) is 71.5 Å². The van der Waals surface area contributed by atoms with Crippen molar-refractivity contribution in [3.8, 4) is 22.9 Å². The molecule has 0 unspecified atom stereocenters. The number of nitrogens with one attached hydrogen (secondary N) is 1. The number of anilines is 2. The Labute approximate surface area is 225 Å². The quantitative estimate of drug-likeness (QED) is 0.226. The number of nitrogens with zero attached hydrogens (tertiary/aromatic N) is 3. The summed E-state index contributed by atoms with van der Waals surface area (Å²) in [4.78, 5) is 18.7. The minimum atomic E-state index is -0.268. The Bertz CT molecular complexity index is 1690. The predicted molar refractivity (Wildman–Crippen MR) is 148 cm³/mol. The topological polar surface area (TPSA) is 70.3 Å². The van der Waals surface area contributed by atoms with Gasteiger partial charge in [0.05, 0.1) is 35.6 Å². The molecule has 0 radical (unpaired) electrons. The molecule has 5 aromatic rings. The molecule has 0 aliphatic rings. The first-order chi connectivity index (χ1) is 17.4. The van der Waals surface area contributed by atoms with Gasteiger partial charge in [-0.1, -0.05) is 34.5 Å². The Morgan fingerprint density at radius 2 is 1.47 bits per heavy atom. The van der Waals surface area contributed by atoms with Gasteiger partial charge in [0, 0.05) is 5.69 Å². The molecule has 5 rings (SSSR count). The summed E-state index contributed by atoms with van der Waals surface area (Å²) in [6, 6.07) is 19.6. The lowest BCUT2D eigenvalue weighted by molar-refractivity contribution is 0.414. The van der Waals surface area contributed by atoms with Crippen molar-refractivity contribution >= 4 is 68.7 Å². The van der Waals surface area contributed by atoms with E-state index in [-0.39, 0.29) is 5.56 Å². The number of hydrogen-bond acceptors (Lipinski definition) is 7. The highest BCUT2D eigenvalue weighted by molar-refractivity contribution is 7.73. The van der Waals surface area contributed by atoms with Crippen molar-refractivity contribution in [3.05, 3.63) is 91.1 Å². The molecule has 36 heavy (non-hydrogen) atoms. The molecule has 0 saturated carbocycles. The minimum absolute atomic E-state index is 0.268. The van der Waals surface area contributed by atoms with E-state index < -0.39 is 0 Å². The van der Waals surface area contributed by atoms with Gasteiger partial charge in [-0.2, -0.15) is 4.98 Å². The molecule has 0 aliphatic carbocycles. The molecule has 182 valence electrons. The fraction of sp³-hybridized carbons (Fsp3) is 0.0800. The molecule has 11 heteroatoms. The van der Waals surface area contributed by atoms with Gasteiger partial charge in [-0.15, -0.1) is 0 Å². The molecular weight excluding hydrogens is 539 g/mol. The van der Waals surface area contributed by atoms with Crippen molar-refractivity contribution in [2.24, 2.45) is 0 Å². The van der Waals surface area contributed by atoms with Gasteiger partial charge in [-0.05, 0) is 78.9 Å². The molecule has 3 aromatic carbocycles. The van der Waals surface area contributed by atoms with E-state index >= 15 is 0 Å². The maximum Gasteiger partial charge on any atom is 0.279 e. The van der Waals surface area contributed by atoms with Gasteiger partial charge in [0.15, 0.2) is 9.60 Å². The van der Waals surface area contributed by atoms with Crippen molar-refractivity contribution < 1.29 is 9.47 Å². The first kappa shape index (κ1) is 24.3. The second-order valence-electron chi connectivity index (χ2n) is 7.58. The van der Waals surface area contributed by atoms with Crippen LogP contribution in [0.1, 0.15) is 0 Å². The summed E-state index contributed by atoms with van der Waals surface area (Å²) in [7, 11) is 3.19. The fourth-order valence-electron chi connectivity index (χ4n) is 3.66. The number of benzene rings is 3. The first-order valence-electron chi connectivity index (χ1n) is 10.6. The second-order valence-corrected chi connectivity index (χ2v) is 10.0. The SMILES string of the molecule is COc1ccc(Nc2nc3c(sc(=S)n3-c3ccc(Cl)c(Cl)c3)c(=O)n2-c2ccc(OC)cc2)cc1. The number of fused-ring (bicyclic) bond motifs is 1. The first-order valence-corrected chi connectivity index (χ1v) is 12.6. The monoisotopic (exact) mass is 556 g/mol. The van der Waals surface area contributed by atoms with Crippen LogP contribution in [0.25, 0.3) is 21.7 Å². The van der Waals surface area contributed by atoms with Gasteiger partial charge in [-0.3, -0.25) is 9.36 Å². The maximum atomic E-state index is 13.8. The average molecular weight is 557 g/mol. The van der Waals surface area contributed by atoms with E-state index in [4.69, 9.17) is 49.9 Å². The number of aromatic nitrogens is 3. The lowest BCUT2D eigenvalue weighted by Gasteiger charge is -2.15. The van der Waals surface area contributed by atoms with Crippen molar-refractivity contribution in [1.82, 2.24) is 14.1 Å². The number of methoxy groups -OCH3 is 2. The number of halogens is 2. The van der Waals surface area contributed by atoms with Crippen molar-refractivity contribution in [3.63, 3.8) is 0 Å². The van der Waals surface area contributed by atoms with Crippen LogP contribution < -0.4 is 20.3 Å². The Kier molecular flexibility index (Phi) is 6.72. The van der Waals surface area contributed by atoms with Gasteiger partial charge in [-0.25, -0.2) is 4.57 Å². The number of rotatable bonds is 6. The van der Waals surface area contributed by atoms with Crippen LogP contribution >= 0.6 is 46.8 Å². The van der Waals surface area contributed by atoms with Gasteiger partial charge in [0.2, 0.25) is 5.95 Å². The van der Waals surface area contributed by atoms with E-state index in [0.29, 0.717) is 53.2 Å². The highest BCUT2D eigenvalue weighted by atomic mass is 35.5. The summed E-state index contributed by atoms with van der Waals surface area (Å²) in [5.74, 6) is 1.69. The van der Waals surface area contributed by atoms with Crippen molar-refractivity contribution in [1.29, 1.82) is 0 Å². The Morgan fingerprint density at radius 3 is 2.08 bits per heavy atom. The van der Waals surface area contributed by atoms with Crippen LogP contribution in [0.4, 0.5) is 11.6 Å². The molecule has 0 amide bonds. The minimum Gasteiger partial charge on any atom is -0.497 e. The van der Waals surface area contributed by atoms with Crippen molar-refractivity contribution in [2.75, 3.05) is 19.5 Å². The Balaban J connectivity index is 1.76. The van der Waals surface area contributed by atoms with Crippen LogP contribution in [-0.2, 0) is 0 Å². The van der Waals surface area contributed by atoms with E-state index in [2.05, 4.69) is 5.32 Å². The number of hydrogen-bond donors (Lipinski definition) is 1. The van der Waals surface area contributed by atoms with Gasteiger partial charge < -0.3 is 14.8 Å². The maximum absolute atomic E-state index is 13.8. The molecule has 0 fully saturated rings. The summed E-state index contributed by atoms with van der Waals surface area (Å²) >= 11 is 19.2. The van der Waals surface area contributed by atoms with E-state index in [9.17, 15) is 4.79 Å². The van der Waals surface area contributed by atoms with Crippen molar-refractivity contribution in [2.45, 2.75) is 0 Å². The molecule has 2 heterocycles. The third kappa shape index (κ3) is 4.46. The standard InChI is InChI=1S/C25H18Cl2N4O3S2/c1-33-17-8-3-14(4-9-17)28-24-29-22-21(23(32)31(24)15-5-10-18(34-2)11-6-15)36-25(35)30(22)16-7-12-19(26)20(27)13-16/h3-13H,1-2H3,(H,28,29). The average Bonchev–Trinajstić information content (AvgIpc) is 3.22. The summed E-state index contributed by atoms with van der Waals surface area (Å²) in [6.07, 6.45) is 0. The Morgan fingerprint density at radius 1 is 0.861 bits per heavy atom. The van der Waals surface area contributed by atoms with Crippen LogP contribution in [-0.4, -0.2) is 28.3 Å². The highest BCUT2D eigenvalue weighted by Crippen LogP contribution is 2.30. The zero-order chi connectivity index (χ0) is 25.4. The smallest absolute Gasteiger partial charge is 0.279 e. The van der Waals surface area contributed by atoms with Crippen LogP contribution in [0.2, 0.25) is 10.0 Å². The molecule has 0 aliphatic heterocycles. The largest absolute Gasteiger partial charge is 0.497 e. The third-order valence-electron chi connectivity index (χ3n) is 5.45. The molecule has 0 saturated heterocycles. The molecule has 1 N–H and O–H groups in total. The molecule has 2 aromatic heterocycles. The molecule has 0 spiro atoms. The zero-order valence-corrected chi connectivity index (χ0v) is 22.1. The molecular formula is C25H18Cl2N4O3S2. The fourth-order valence-corrected chi connectivity index (χ4v) is 5.26. The van der Waals surface area contributed by atoms with Crippen LogP contribution in [0.5, 0.6) is 11.5 Å². The summed E-state index contributed by atoms with van der Waals surface area (Å²) < 4.78 is 14.6. The normalized spacial score (nSPS) is 11.0. The van der Waals surface area contributed by atoms with Gasteiger partial charge >= 0.3 is 0 Å². The summed E-state index contributed by atoms with van der Waals surface area (Å²) in [6.45, 7) is 0. The second kappa shape index (κ2) is 9.94. The number of ether oxygens (including phenoxy) is 2. The summed E-state index contributed by atoms with van der Waals surface area (Å²) in [5.41, 5.74) is 2.14. The summed E-state index contributed by atoms with van der Waals surface area (Å²) in [5, 5.41) is 4.06. The molecule has 7 nitrogen and oxygen atoms in total. The molecule has 0 bridgehead atoms. The number of thiazole rings is 1. The lowest BCUT2D eigenvalue weighted by atomic mass is 10.3. The van der Waals surface area contributed by atoms with E-state index in [1.165, 1.54) is 15.9 Å². The molecule has 0 atom stereocenters. The third-order valence-corrected chi connectivity index (χ3v) is 7.54. The lowest BCUT2D eigenvalue weighted by Crippen LogP contribution is -2.22. The van der Waals surface area contributed by atoms with Crippen LogP contribution in [0.3, 0.4) is 0 Å². The van der Waals surface area contributed by atoms with Crippen LogP contribution in [0, 0.1) is 3.95 Å². The van der Waals surface area contributed by atoms with E-state index in [0.717, 1.165) is 5.69 Å². The zero-order valence-electron chi connectivity index (χ0n) is 19.0. The predicted octanol–water partition coefficient (Wildman–Crippen LogP) is 7.03. The van der Waals surface area contributed by atoms with E-state index in [1.807, 2.05) is 24.3 Å². The van der Waals surface area contributed by atoms with E-state index in [1.54, 1.807) is 61.3 Å².